The molecule has 0 spiro atoms. The highest BCUT2D eigenvalue weighted by molar-refractivity contribution is 5.69. The molecule has 1 atom stereocenters. The maximum atomic E-state index is 12.5. The lowest BCUT2D eigenvalue weighted by Crippen LogP contribution is -2.47. The Bertz CT molecular complexity index is 1130. The summed E-state index contributed by atoms with van der Waals surface area (Å²) in [6, 6.07) is 15.7. The van der Waals surface area contributed by atoms with Gasteiger partial charge in [0, 0.05) is 24.9 Å². The largest absolute Gasteiger partial charge is 0.489 e. The predicted molar refractivity (Wildman–Crippen MR) is 146 cm³/mol. The van der Waals surface area contributed by atoms with Gasteiger partial charge in [-0.15, -0.1) is 0 Å². The molecule has 204 valence electrons. The molecule has 7 heteroatoms. The van der Waals surface area contributed by atoms with Gasteiger partial charge in [0.05, 0.1) is 11.6 Å². The fraction of sp³-hybridized carbons (Fsp3) is 0.516. The van der Waals surface area contributed by atoms with Crippen molar-refractivity contribution in [2.24, 2.45) is 11.8 Å². The van der Waals surface area contributed by atoms with Gasteiger partial charge < -0.3 is 19.9 Å². The quantitative estimate of drug-likeness (QED) is 0.334. The number of nitrogens with one attached hydrogen (secondary N) is 1. The minimum atomic E-state index is -0.905. The summed E-state index contributed by atoms with van der Waals surface area (Å²) >= 11 is 0. The fourth-order valence-corrected chi connectivity index (χ4v) is 5.07. The molecule has 0 saturated carbocycles. The minimum absolute atomic E-state index is 0.0458. The van der Waals surface area contributed by atoms with E-state index in [4.69, 9.17) is 14.6 Å². The van der Waals surface area contributed by atoms with E-state index in [0.29, 0.717) is 35.8 Å². The lowest BCUT2D eigenvalue weighted by molar-refractivity contribution is -0.151. The van der Waals surface area contributed by atoms with Crippen LogP contribution in [-0.4, -0.2) is 41.8 Å². The molecule has 1 aliphatic carbocycles. The molecular weight excluding hydrogens is 480 g/mol. The molecule has 0 saturated heterocycles. The van der Waals surface area contributed by atoms with Gasteiger partial charge in [-0.05, 0) is 80.2 Å². The Kier molecular flexibility index (Phi) is 10.3. The Labute approximate surface area is 226 Å². The van der Waals surface area contributed by atoms with Crippen LogP contribution in [0.1, 0.15) is 69.2 Å². The molecule has 0 radical (unpaired) electrons. The van der Waals surface area contributed by atoms with Crippen molar-refractivity contribution in [3.8, 4) is 11.8 Å². The Morgan fingerprint density at radius 3 is 2.45 bits per heavy atom. The molecular formula is C31H40N2O5. The van der Waals surface area contributed by atoms with Gasteiger partial charge in [-0.2, -0.15) is 5.26 Å². The zero-order chi connectivity index (χ0) is 27.7. The number of carboxylic acid groups (broad SMARTS) is 1. The molecule has 1 aliphatic rings. The smallest absolute Gasteiger partial charge is 0.306 e. The van der Waals surface area contributed by atoms with Crippen LogP contribution in [0.5, 0.6) is 5.75 Å². The van der Waals surface area contributed by atoms with Crippen LogP contribution in [0.3, 0.4) is 0 Å². The number of carboxylic acids is 1. The number of hydrogen-bond acceptors (Lipinski definition) is 6. The number of fused-ring (bicyclic) bond motifs is 1. The lowest BCUT2D eigenvalue weighted by atomic mass is 9.88. The molecule has 7 nitrogen and oxygen atoms in total. The number of aryl methyl sites for hydroxylation is 1. The first-order chi connectivity index (χ1) is 18.0. The van der Waals surface area contributed by atoms with Gasteiger partial charge in [0.15, 0.2) is 0 Å². The van der Waals surface area contributed by atoms with Gasteiger partial charge in [-0.3, -0.25) is 9.59 Å². The molecule has 38 heavy (non-hydrogen) atoms. The van der Waals surface area contributed by atoms with Crippen molar-refractivity contribution in [3.63, 3.8) is 0 Å². The third-order valence-corrected chi connectivity index (χ3v) is 6.85. The van der Waals surface area contributed by atoms with Crippen molar-refractivity contribution in [3.05, 3.63) is 64.7 Å². The molecule has 0 unspecified atom stereocenters. The maximum Gasteiger partial charge on any atom is 0.306 e. The molecule has 0 aromatic heterocycles. The maximum absolute atomic E-state index is 12.5. The predicted octanol–water partition coefficient (Wildman–Crippen LogP) is 5.09. The minimum Gasteiger partial charge on any atom is -0.489 e. The van der Waals surface area contributed by atoms with Crippen LogP contribution in [0.4, 0.5) is 0 Å². The third-order valence-electron chi connectivity index (χ3n) is 6.85. The van der Waals surface area contributed by atoms with Crippen molar-refractivity contribution >= 4 is 11.9 Å². The first kappa shape index (κ1) is 29.2. The van der Waals surface area contributed by atoms with E-state index < -0.39 is 12.1 Å². The highest BCUT2D eigenvalue weighted by Crippen LogP contribution is 2.32. The third kappa shape index (κ3) is 9.18. The molecule has 0 bridgehead atoms. The van der Waals surface area contributed by atoms with Crippen molar-refractivity contribution < 1.29 is 24.2 Å². The number of carbonyl (C=O) groups is 2. The number of aliphatic carboxylic acids is 1. The Hall–Kier alpha value is -3.37. The van der Waals surface area contributed by atoms with E-state index in [1.807, 2.05) is 13.8 Å². The van der Waals surface area contributed by atoms with E-state index in [1.54, 1.807) is 18.2 Å². The second-order valence-electron chi connectivity index (χ2n) is 11.4. The monoisotopic (exact) mass is 520 g/mol. The molecule has 0 aliphatic heterocycles. The average Bonchev–Trinajstić information content (AvgIpc) is 3.25. The number of hydrogen-bond donors (Lipinski definition) is 2. The number of rotatable bonds is 14. The number of carbonyl (C=O) groups excluding carboxylic acids is 1. The Balaban J connectivity index is 1.65. The van der Waals surface area contributed by atoms with E-state index >= 15 is 0 Å². The van der Waals surface area contributed by atoms with Gasteiger partial charge in [-0.25, -0.2) is 0 Å². The summed E-state index contributed by atoms with van der Waals surface area (Å²) in [5.74, 6) is -0.0156. The van der Waals surface area contributed by atoms with Gasteiger partial charge >= 0.3 is 11.9 Å². The van der Waals surface area contributed by atoms with E-state index in [-0.39, 0.29) is 36.9 Å². The molecule has 3 rings (SSSR count). The summed E-state index contributed by atoms with van der Waals surface area (Å²) in [5, 5.41) is 22.0. The summed E-state index contributed by atoms with van der Waals surface area (Å²) < 4.78 is 11.9. The first-order valence-electron chi connectivity index (χ1n) is 13.4. The summed E-state index contributed by atoms with van der Waals surface area (Å²) in [7, 11) is 0. The summed E-state index contributed by atoms with van der Waals surface area (Å²) in [6.07, 6.45) is 3.14. The Morgan fingerprint density at radius 1 is 1.16 bits per heavy atom. The second-order valence-corrected chi connectivity index (χ2v) is 11.4. The van der Waals surface area contributed by atoms with Crippen molar-refractivity contribution in [1.82, 2.24) is 5.32 Å². The van der Waals surface area contributed by atoms with E-state index in [2.05, 4.69) is 49.5 Å². The second kappa shape index (κ2) is 13.4. The van der Waals surface area contributed by atoms with E-state index in [0.717, 1.165) is 19.3 Å². The summed E-state index contributed by atoms with van der Waals surface area (Å²) in [5.41, 5.74) is 3.81. The van der Waals surface area contributed by atoms with Gasteiger partial charge in [-0.1, -0.05) is 44.2 Å². The van der Waals surface area contributed by atoms with Crippen molar-refractivity contribution in [2.45, 2.75) is 77.9 Å². The van der Waals surface area contributed by atoms with Gasteiger partial charge in [0.2, 0.25) is 0 Å². The first-order valence-corrected chi connectivity index (χ1v) is 13.4. The number of benzene rings is 2. The lowest BCUT2D eigenvalue weighted by Gasteiger charge is -2.31. The normalized spacial score (nSPS) is 14.1. The highest BCUT2D eigenvalue weighted by Gasteiger charge is 2.29. The average molecular weight is 521 g/mol. The zero-order valence-corrected chi connectivity index (χ0v) is 23.0. The summed E-state index contributed by atoms with van der Waals surface area (Å²) in [4.78, 5) is 23.6. The van der Waals surface area contributed by atoms with Crippen LogP contribution in [0, 0.1) is 23.2 Å². The molecule has 2 aromatic rings. The highest BCUT2D eigenvalue weighted by atomic mass is 16.6. The summed E-state index contributed by atoms with van der Waals surface area (Å²) in [6.45, 7) is 8.79. The number of nitrogens with zero attached hydrogens (tertiary/aromatic N) is 1. The van der Waals surface area contributed by atoms with E-state index in [1.165, 1.54) is 11.1 Å². The van der Waals surface area contributed by atoms with E-state index in [9.17, 15) is 14.9 Å². The molecule has 2 aromatic carbocycles. The Morgan fingerprint density at radius 2 is 1.84 bits per heavy atom. The van der Waals surface area contributed by atoms with Crippen LogP contribution in [-0.2, 0) is 33.6 Å². The zero-order valence-electron chi connectivity index (χ0n) is 23.0. The fourth-order valence-electron chi connectivity index (χ4n) is 5.07. The van der Waals surface area contributed by atoms with Crippen LogP contribution in [0.15, 0.2) is 42.5 Å². The van der Waals surface area contributed by atoms with Gasteiger partial charge in [0.25, 0.3) is 0 Å². The standard InChI is InChI=1S/C31H40N2O5/c1-21(2)13-30(36)38-27(20-37-28-16-22(18-32)9-10-24(28)11-12-29(34)35)19-33-31(3,4)17-23-14-25-7-5-6-8-26(25)15-23/h5-10,16,21,23,27,33H,11-15,17,19-20H2,1-4H3,(H,34,35)/t27-/m1/s1. The van der Waals surface area contributed by atoms with Crippen LogP contribution in [0.2, 0.25) is 0 Å². The number of ether oxygens (including phenoxy) is 2. The topological polar surface area (TPSA) is 109 Å². The number of nitriles is 1. The van der Waals surface area contributed by atoms with Crippen molar-refractivity contribution in [1.29, 1.82) is 5.26 Å². The number of esters is 1. The van der Waals surface area contributed by atoms with Gasteiger partial charge in [0.1, 0.15) is 18.5 Å². The SMILES string of the molecule is CC(C)CC(=O)O[C@H](CNC(C)(C)CC1Cc2ccccc2C1)COc1cc(C#N)ccc1CCC(=O)O. The molecule has 0 fully saturated rings. The van der Waals surface area contributed by atoms with Crippen LogP contribution < -0.4 is 10.1 Å². The van der Waals surface area contributed by atoms with Crippen LogP contribution in [0.25, 0.3) is 0 Å². The van der Waals surface area contributed by atoms with Crippen LogP contribution >= 0.6 is 0 Å². The molecule has 0 heterocycles. The molecule has 2 N–H and O–H groups in total. The van der Waals surface area contributed by atoms with Crippen molar-refractivity contribution in [2.75, 3.05) is 13.2 Å². The molecule has 0 amide bonds.